The van der Waals surface area contributed by atoms with Gasteiger partial charge in [-0.2, -0.15) is 0 Å². The molecule has 0 heterocycles. The first-order chi connectivity index (χ1) is 6.60. The van der Waals surface area contributed by atoms with Gasteiger partial charge in [-0.25, -0.2) is 4.21 Å². The van der Waals surface area contributed by atoms with Gasteiger partial charge in [0, 0.05) is 5.41 Å². The summed E-state index contributed by atoms with van der Waals surface area (Å²) in [4.78, 5) is 0. The van der Waals surface area contributed by atoms with Gasteiger partial charge in [0.25, 0.3) is 0 Å². The van der Waals surface area contributed by atoms with Crippen LogP contribution in [0.25, 0.3) is 0 Å². The molecule has 0 saturated heterocycles. The molecule has 14 heavy (non-hydrogen) atoms. The lowest BCUT2D eigenvalue weighted by Crippen LogP contribution is -2.40. The molecule has 1 aliphatic carbocycles. The highest BCUT2D eigenvalue weighted by Gasteiger charge is 2.37. The van der Waals surface area contributed by atoms with Crippen molar-refractivity contribution in [3.8, 4) is 0 Å². The van der Waals surface area contributed by atoms with Gasteiger partial charge < -0.3 is 0 Å². The Morgan fingerprint density at radius 3 is 2.36 bits per heavy atom. The Hall–Kier alpha value is -0.150. The summed E-state index contributed by atoms with van der Waals surface area (Å²) >= 11 is -1.32. The summed E-state index contributed by atoms with van der Waals surface area (Å²) in [5.74, 6) is 0.423. The molecule has 0 aromatic heterocycles. The maximum absolute atomic E-state index is 11.4. The molecule has 1 aliphatic rings. The van der Waals surface area contributed by atoms with E-state index in [0.29, 0.717) is 5.92 Å². The molecule has 0 aromatic carbocycles. The molecule has 0 aliphatic heterocycles. The molecule has 0 N–H and O–H groups in total. The molecule has 1 fully saturated rings. The molecule has 3 heteroatoms. The van der Waals surface area contributed by atoms with Crippen molar-refractivity contribution in [1.29, 1.82) is 0 Å². The average molecular weight is 216 g/mol. The summed E-state index contributed by atoms with van der Waals surface area (Å²) in [6.07, 6.45) is 5.71. The smallest absolute Gasteiger partial charge is 0.181 e. The molecule has 0 bridgehead atoms. The zero-order valence-electron chi connectivity index (χ0n) is 9.12. The minimum Gasteiger partial charge on any atom is -0.280 e. The summed E-state index contributed by atoms with van der Waals surface area (Å²) in [6.45, 7) is 7.78. The van der Waals surface area contributed by atoms with Crippen LogP contribution in [0.15, 0.2) is 12.0 Å². The van der Waals surface area contributed by atoms with Crippen LogP contribution in [0.1, 0.15) is 46.0 Å². The monoisotopic (exact) mass is 216 g/mol. The lowest BCUT2D eigenvalue weighted by molar-refractivity contribution is 0.00113. The number of rotatable bonds is 4. The van der Waals surface area contributed by atoms with Crippen molar-refractivity contribution >= 4 is 11.1 Å². The second-order valence-electron chi connectivity index (χ2n) is 4.29. The Morgan fingerprint density at radius 2 is 1.93 bits per heavy atom. The van der Waals surface area contributed by atoms with Crippen LogP contribution in [0.5, 0.6) is 0 Å². The Labute approximate surface area is 89.4 Å². The molecule has 1 atom stereocenters. The van der Waals surface area contributed by atoms with Crippen molar-refractivity contribution < 1.29 is 8.39 Å². The zero-order valence-corrected chi connectivity index (χ0v) is 9.94. The minimum atomic E-state index is -1.32. The predicted octanol–water partition coefficient (Wildman–Crippen LogP) is 3.17. The minimum absolute atomic E-state index is 0.169. The van der Waals surface area contributed by atoms with Crippen molar-refractivity contribution in [2.75, 3.05) is 0 Å². The highest BCUT2D eigenvalue weighted by molar-refractivity contribution is 7.83. The van der Waals surface area contributed by atoms with Crippen LogP contribution in [0.3, 0.4) is 0 Å². The van der Waals surface area contributed by atoms with Crippen LogP contribution in [-0.2, 0) is 15.3 Å². The number of hydrogen-bond donors (Lipinski definition) is 0. The maximum Gasteiger partial charge on any atom is 0.181 e. The van der Waals surface area contributed by atoms with Gasteiger partial charge in [-0.15, -0.1) is 0 Å². The molecular weight excluding hydrogens is 196 g/mol. The quantitative estimate of drug-likeness (QED) is 0.721. The molecule has 0 amide bonds. The van der Waals surface area contributed by atoms with Gasteiger partial charge in [-0.05, 0) is 18.8 Å². The lowest BCUT2D eigenvalue weighted by atomic mass is 9.77. The van der Waals surface area contributed by atoms with E-state index in [9.17, 15) is 4.21 Å². The van der Waals surface area contributed by atoms with Crippen molar-refractivity contribution in [2.24, 2.45) is 5.92 Å². The lowest BCUT2D eigenvalue weighted by Gasteiger charge is -2.39. The van der Waals surface area contributed by atoms with Gasteiger partial charge >= 0.3 is 0 Å². The molecule has 2 nitrogen and oxygen atoms in total. The molecule has 0 aromatic rings. The Kier molecular flexibility index (Phi) is 4.32. The summed E-state index contributed by atoms with van der Waals surface area (Å²) in [7, 11) is 0. The summed E-state index contributed by atoms with van der Waals surface area (Å²) < 4.78 is 17.0. The van der Waals surface area contributed by atoms with Crippen LogP contribution in [0, 0.1) is 5.92 Å². The summed E-state index contributed by atoms with van der Waals surface area (Å²) in [6, 6.07) is 0. The van der Waals surface area contributed by atoms with E-state index in [1.807, 2.05) is 0 Å². The first kappa shape index (κ1) is 11.9. The Balaban J connectivity index is 2.70. The highest BCUT2D eigenvalue weighted by atomic mass is 32.2. The van der Waals surface area contributed by atoms with Crippen LogP contribution in [0.2, 0.25) is 0 Å². The maximum atomic E-state index is 11.4. The van der Waals surface area contributed by atoms with Gasteiger partial charge in [0.15, 0.2) is 11.1 Å². The van der Waals surface area contributed by atoms with E-state index in [1.54, 1.807) is 0 Å². The van der Waals surface area contributed by atoms with Gasteiger partial charge in [-0.1, -0.05) is 39.7 Å². The molecular formula is C11H20O2S. The Bertz CT molecular complexity index is 217. The van der Waals surface area contributed by atoms with E-state index in [0.717, 1.165) is 12.8 Å². The van der Waals surface area contributed by atoms with E-state index in [4.69, 9.17) is 4.18 Å². The molecule has 1 rings (SSSR count). The molecule has 1 unspecified atom stereocenters. The first-order valence-electron chi connectivity index (χ1n) is 5.33. The average Bonchev–Trinajstić information content (AvgIpc) is 2.19. The fourth-order valence-corrected chi connectivity index (χ4v) is 2.86. The molecule has 0 radical (unpaired) electrons. The van der Waals surface area contributed by atoms with Crippen molar-refractivity contribution in [3.63, 3.8) is 0 Å². The topological polar surface area (TPSA) is 26.3 Å². The van der Waals surface area contributed by atoms with Crippen LogP contribution >= 0.6 is 0 Å². The van der Waals surface area contributed by atoms with Crippen LogP contribution < -0.4 is 0 Å². The fourth-order valence-electron chi connectivity index (χ4n) is 2.10. The van der Waals surface area contributed by atoms with Gasteiger partial charge in [0.2, 0.25) is 0 Å². The summed E-state index contributed by atoms with van der Waals surface area (Å²) in [5.41, 5.74) is -0.169. The third-order valence-electron chi connectivity index (χ3n) is 3.14. The van der Waals surface area contributed by atoms with Crippen molar-refractivity contribution in [1.82, 2.24) is 0 Å². The van der Waals surface area contributed by atoms with E-state index in [-0.39, 0.29) is 5.60 Å². The van der Waals surface area contributed by atoms with Crippen LogP contribution in [0.4, 0.5) is 0 Å². The predicted molar refractivity (Wildman–Crippen MR) is 60.1 cm³/mol. The van der Waals surface area contributed by atoms with Crippen LogP contribution in [-0.4, -0.2) is 9.81 Å². The second-order valence-corrected chi connectivity index (χ2v) is 5.31. The first-order valence-corrected chi connectivity index (χ1v) is 6.47. The van der Waals surface area contributed by atoms with E-state index in [2.05, 4.69) is 20.4 Å². The van der Waals surface area contributed by atoms with E-state index >= 15 is 0 Å². The summed E-state index contributed by atoms with van der Waals surface area (Å²) in [5, 5.41) is 1.37. The Morgan fingerprint density at radius 1 is 1.36 bits per heavy atom. The third-order valence-corrected chi connectivity index (χ3v) is 3.90. The molecule has 82 valence electrons. The second kappa shape index (κ2) is 5.08. The van der Waals surface area contributed by atoms with Gasteiger partial charge in [0.1, 0.15) is 0 Å². The molecule has 0 spiro atoms. The molecule has 1 saturated carbocycles. The van der Waals surface area contributed by atoms with Gasteiger partial charge in [0.05, 0.1) is 5.60 Å². The van der Waals surface area contributed by atoms with Crippen molar-refractivity contribution in [3.05, 3.63) is 12.0 Å². The highest BCUT2D eigenvalue weighted by Crippen LogP contribution is 2.38. The van der Waals surface area contributed by atoms with Gasteiger partial charge in [-0.3, -0.25) is 4.18 Å². The SMILES string of the molecule is C=CS(=O)OC1(C(C)C)CCCCC1. The fraction of sp³-hybridized carbons (Fsp3) is 0.818. The zero-order chi connectivity index (χ0) is 10.6. The third kappa shape index (κ3) is 2.67. The standard InChI is InChI=1S/C11H20O2S/c1-4-14(12)13-11(10(2)3)8-6-5-7-9-11/h4,10H,1,5-9H2,2-3H3. The van der Waals surface area contributed by atoms with E-state index < -0.39 is 11.1 Å². The van der Waals surface area contributed by atoms with E-state index in [1.165, 1.54) is 24.7 Å². The van der Waals surface area contributed by atoms with Crippen molar-refractivity contribution in [2.45, 2.75) is 51.6 Å². The number of hydrogen-bond acceptors (Lipinski definition) is 2. The largest absolute Gasteiger partial charge is 0.280 e. The normalized spacial score (nSPS) is 23.4.